The van der Waals surface area contributed by atoms with Gasteiger partial charge in [-0.1, -0.05) is 0 Å². The molecule has 222 valence electrons. The molecule has 0 aliphatic heterocycles. The standard InChI is InChI=1S/C20H38N2O14P2/c1-9(23)21-15-13(35-37(4,29)30)6-12(18(26)19(15)27)8-34-38(31,32)36-14-5-11(7-33-3)17(25)20(28)16(14)22-10(2)24/h11-20,25-28H,5-8H2,1-4H3,(H,21,23)(H,22,24)(H,29,30)(H,31,32)/p-2/t11?,12?,13-,14-,15?,16?,17+,18+,19+,20+/m0/s1. The van der Waals surface area contributed by atoms with Gasteiger partial charge in [-0.25, -0.2) is 0 Å². The Morgan fingerprint density at radius 2 is 1.24 bits per heavy atom. The molecule has 2 aliphatic carbocycles. The van der Waals surface area contributed by atoms with Crippen molar-refractivity contribution in [1.82, 2.24) is 10.6 Å². The van der Waals surface area contributed by atoms with Crippen molar-refractivity contribution in [2.75, 3.05) is 27.0 Å². The van der Waals surface area contributed by atoms with Gasteiger partial charge in [-0.15, -0.1) is 0 Å². The molecule has 2 amide bonds. The van der Waals surface area contributed by atoms with Crippen molar-refractivity contribution in [2.24, 2.45) is 11.8 Å². The van der Waals surface area contributed by atoms with Crippen LogP contribution in [0.4, 0.5) is 0 Å². The molecule has 2 aliphatic rings. The van der Waals surface area contributed by atoms with Gasteiger partial charge in [-0.3, -0.25) is 14.2 Å². The van der Waals surface area contributed by atoms with E-state index in [0.717, 1.165) is 20.5 Å². The molecule has 6 N–H and O–H groups in total. The Hall–Kier alpha value is -1.00. The maximum Gasteiger partial charge on any atom is 0.268 e. The lowest BCUT2D eigenvalue weighted by atomic mass is 9.79. The number of aliphatic hydroxyl groups is 4. The molecule has 0 spiro atoms. The zero-order valence-electron chi connectivity index (χ0n) is 21.4. The molecule has 12 atom stereocenters. The SMILES string of the molecule is COCC1C[C@H](OP(=O)([O-])OCC2C[C@H](OP(C)(=O)[O-])C(NC(C)=O)[C@@H](O)[C@@H]2O)C(NC(C)=O)[C@@H](O)[C@@H]1O. The molecule has 38 heavy (non-hydrogen) atoms. The molecule has 2 saturated carbocycles. The Bertz CT molecular complexity index is 918. The number of ether oxygens (including phenoxy) is 1. The van der Waals surface area contributed by atoms with Gasteiger partial charge in [-0.05, 0) is 12.8 Å². The van der Waals surface area contributed by atoms with Crippen LogP contribution in [0.1, 0.15) is 26.7 Å². The molecule has 0 aromatic heterocycles. The van der Waals surface area contributed by atoms with E-state index < -0.39 is 94.4 Å². The van der Waals surface area contributed by atoms with E-state index in [-0.39, 0.29) is 19.4 Å². The second-order valence-electron chi connectivity index (χ2n) is 9.66. The quantitative estimate of drug-likeness (QED) is 0.128. The summed E-state index contributed by atoms with van der Waals surface area (Å²) in [5.41, 5.74) is 0. The average molecular weight is 590 g/mol. The molecule has 2 rings (SSSR count). The van der Waals surface area contributed by atoms with Crippen LogP contribution >= 0.6 is 15.4 Å². The van der Waals surface area contributed by atoms with Gasteiger partial charge in [0.15, 0.2) is 0 Å². The molecule has 0 aromatic carbocycles. The van der Waals surface area contributed by atoms with Gasteiger partial charge in [0.2, 0.25) is 11.8 Å². The fourth-order valence-corrected chi connectivity index (χ4v) is 6.50. The highest BCUT2D eigenvalue weighted by molar-refractivity contribution is 7.50. The van der Waals surface area contributed by atoms with Crippen LogP contribution in [0, 0.1) is 11.8 Å². The molecule has 6 unspecified atom stereocenters. The van der Waals surface area contributed by atoms with E-state index in [1.165, 1.54) is 7.11 Å². The number of hydrogen-bond donors (Lipinski definition) is 6. The van der Waals surface area contributed by atoms with Crippen LogP contribution in [0.5, 0.6) is 0 Å². The molecule has 0 bridgehead atoms. The highest BCUT2D eigenvalue weighted by Crippen LogP contribution is 2.46. The van der Waals surface area contributed by atoms with Gasteiger partial charge >= 0.3 is 0 Å². The Kier molecular flexibility index (Phi) is 11.9. The first-order valence-electron chi connectivity index (χ1n) is 11.8. The Balaban J connectivity index is 2.16. The van der Waals surface area contributed by atoms with Crippen molar-refractivity contribution in [3.63, 3.8) is 0 Å². The van der Waals surface area contributed by atoms with Gasteiger partial charge < -0.3 is 63.7 Å². The van der Waals surface area contributed by atoms with Crippen molar-refractivity contribution in [3.8, 4) is 0 Å². The zero-order chi connectivity index (χ0) is 29.0. The lowest BCUT2D eigenvalue weighted by Gasteiger charge is -2.45. The van der Waals surface area contributed by atoms with Crippen LogP contribution < -0.4 is 20.4 Å². The first-order chi connectivity index (χ1) is 17.5. The number of methoxy groups -OCH3 is 1. The lowest BCUT2D eigenvalue weighted by Crippen LogP contribution is -2.62. The Labute approximate surface area is 219 Å². The van der Waals surface area contributed by atoms with Crippen molar-refractivity contribution < 1.29 is 67.2 Å². The first kappa shape index (κ1) is 33.2. The minimum absolute atomic E-state index is 0.0428. The van der Waals surface area contributed by atoms with Crippen molar-refractivity contribution >= 4 is 27.2 Å². The van der Waals surface area contributed by atoms with Crippen LogP contribution in [-0.2, 0) is 37.0 Å². The molecular weight excluding hydrogens is 554 g/mol. The summed E-state index contributed by atoms with van der Waals surface area (Å²) in [5, 5.41) is 46.5. The van der Waals surface area contributed by atoms with Crippen LogP contribution in [0.3, 0.4) is 0 Å². The fourth-order valence-electron chi connectivity index (χ4n) is 4.81. The van der Waals surface area contributed by atoms with E-state index in [9.17, 15) is 48.9 Å². The van der Waals surface area contributed by atoms with Crippen molar-refractivity contribution in [1.29, 1.82) is 0 Å². The van der Waals surface area contributed by atoms with Gasteiger partial charge in [0.1, 0.15) is 19.8 Å². The molecule has 0 saturated heterocycles. The third-order valence-electron chi connectivity index (χ3n) is 6.43. The third kappa shape index (κ3) is 9.29. The first-order valence-corrected chi connectivity index (χ1v) is 15.3. The normalized spacial score (nSPS) is 39.0. The number of carbonyl (C=O) groups is 2. The summed E-state index contributed by atoms with van der Waals surface area (Å²) in [6.45, 7) is 2.22. The number of nitrogens with one attached hydrogen (secondary N) is 2. The fraction of sp³-hybridized carbons (Fsp3) is 0.900. The van der Waals surface area contributed by atoms with Crippen LogP contribution in [-0.4, -0.2) is 108 Å². The summed E-state index contributed by atoms with van der Waals surface area (Å²) < 4.78 is 44.5. The number of carbonyl (C=O) groups excluding carboxylic acids is 2. The molecular formula is C20H36N2O14P2-2. The summed E-state index contributed by atoms with van der Waals surface area (Å²) in [6, 6.07) is -2.61. The summed E-state index contributed by atoms with van der Waals surface area (Å²) in [4.78, 5) is 47.5. The van der Waals surface area contributed by atoms with E-state index >= 15 is 0 Å². The van der Waals surface area contributed by atoms with Gasteiger partial charge in [0.05, 0.1) is 49.7 Å². The van der Waals surface area contributed by atoms with E-state index in [2.05, 4.69) is 10.6 Å². The molecule has 2 fully saturated rings. The minimum Gasteiger partial charge on any atom is -0.779 e. The number of hydrogen-bond acceptors (Lipinski definition) is 14. The Morgan fingerprint density at radius 1 is 0.816 bits per heavy atom. The summed E-state index contributed by atoms with van der Waals surface area (Å²) >= 11 is 0. The number of aliphatic hydroxyl groups excluding tert-OH is 4. The number of amides is 2. The smallest absolute Gasteiger partial charge is 0.268 e. The van der Waals surface area contributed by atoms with Gasteiger partial charge in [0.25, 0.3) is 7.82 Å². The number of phosphoric acid groups is 1. The third-order valence-corrected chi connectivity index (χ3v) is 8.08. The molecule has 0 aromatic rings. The predicted octanol–water partition coefficient (Wildman–Crippen LogP) is -3.44. The monoisotopic (exact) mass is 590 g/mol. The maximum atomic E-state index is 12.7. The van der Waals surface area contributed by atoms with Crippen molar-refractivity contribution in [2.45, 2.75) is 75.4 Å². The summed E-state index contributed by atoms with van der Waals surface area (Å²) in [7, 11) is -8.22. The topological polar surface area (TPSA) is 256 Å². The predicted molar refractivity (Wildman–Crippen MR) is 124 cm³/mol. The zero-order valence-corrected chi connectivity index (χ0v) is 23.2. The van der Waals surface area contributed by atoms with Gasteiger partial charge in [0, 0.05) is 39.5 Å². The lowest BCUT2D eigenvalue weighted by molar-refractivity contribution is -0.239. The second-order valence-corrected chi connectivity index (χ2v) is 12.8. The molecule has 0 heterocycles. The number of rotatable bonds is 11. The largest absolute Gasteiger partial charge is 0.779 e. The minimum atomic E-state index is -5.20. The highest BCUT2D eigenvalue weighted by atomic mass is 31.2. The van der Waals surface area contributed by atoms with Crippen LogP contribution in [0.25, 0.3) is 0 Å². The average Bonchev–Trinajstić information content (AvgIpc) is 2.77. The second kappa shape index (κ2) is 13.6. The van der Waals surface area contributed by atoms with E-state index in [1.54, 1.807) is 0 Å². The number of phosphoric ester groups is 1. The van der Waals surface area contributed by atoms with Gasteiger partial charge in [-0.2, -0.15) is 0 Å². The molecule has 16 nitrogen and oxygen atoms in total. The molecule has 18 heteroatoms. The Morgan fingerprint density at radius 3 is 1.63 bits per heavy atom. The summed E-state index contributed by atoms with van der Waals surface area (Å²) in [6.07, 6.45) is -9.44. The summed E-state index contributed by atoms with van der Waals surface area (Å²) in [5.74, 6) is -3.14. The van der Waals surface area contributed by atoms with E-state index in [0.29, 0.717) is 0 Å². The van der Waals surface area contributed by atoms with Crippen LogP contribution in [0.2, 0.25) is 0 Å². The van der Waals surface area contributed by atoms with Crippen molar-refractivity contribution in [3.05, 3.63) is 0 Å². The molecule has 0 radical (unpaired) electrons. The van der Waals surface area contributed by atoms with E-state index in [1.807, 2.05) is 0 Å². The maximum absolute atomic E-state index is 12.7. The highest BCUT2D eigenvalue weighted by Gasteiger charge is 2.47. The van der Waals surface area contributed by atoms with E-state index in [4.69, 9.17) is 18.3 Å². The van der Waals surface area contributed by atoms with Crippen LogP contribution in [0.15, 0.2) is 0 Å².